The zero-order valence-electron chi connectivity index (χ0n) is 21.6. The number of nitrogens with one attached hydrogen (secondary N) is 2. The molecule has 3 amide bonds. The molecule has 2 atom stereocenters. The van der Waals surface area contributed by atoms with Gasteiger partial charge < -0.3 is 15.5 Å². The minimum atomic E-state index is -1.14. The van der Waals surface area contributed by atoms with Crippen molar-refractivity contribution in [3.05, 3.63) is 101 Å². The molecule has 0 unspecified atom stereocenters. The first-order chi connectivity index (χ1) is 17.7. The quantitative estimate of drug-likeness (QED) is 0.521. The minimum absolute atomic E-state index is 0.159. The number of benzodiazepines with no additional fused rings is 1. The summed E-state index contributed by atoms with van der Waals surface area (Å²) in [7, 11) is 1.67. The Balaban J connectivity index is 1.49. The van der Waals surface area contributed by atoms with E-state index in [2.05, 4.69) is 24.5 Å². The number of likely N-dealkylation sites (N-methyl/N-ethyl adjacent to an activating group) is 1. The molecule has 1 heterocycles. The van der Waals surface area contributed by atoms with Crippen molar-refractivity contribution in [2.24, 2.45) is 4.99 Å². The van der Waals surface area contributed by atoms with E-state index in [4.69, 9.17) is 4.99 Å². The molecule has 0 aliphatic carbocycles. The van der Waals surface area contributed by atoms with Crippen LogP contribution in [-0.4, -0.2) is 42.7 Å². The van der Waals surface area contributed by atoms with Crippen molar-refractivity contribution in [2.45, 2.75) is 45.3 Å². The van der Waals surface area contributed by atoms with Gasteiger partial charge in [-0.3, -0.25) is 14.4 Å². The van der Waals surface area contributed by atoms with Gasteiger partial charge in [0.1, 0.15) is 6.04 Å². The third kappa shape index (κ3) is 5.94. The Morgan fingerprint density at radius 2 is 1.57 bits per heavy atom. The van der Waals surface area contributed by atoms with E-state index in [9.17, 15) is 14.4 Å². The second-order valence-electron chi connectivity index (χ2n) is 9.53. The predicted octanol–water partition coefficient (Wildman–Crippen LogP) is 3.81. The third-order valence-corrected chi connectivity index (χ3v) is 6.45. The monoisotopic (exact) mass is 496 g/mol. The summed E-state index contributed by atoms with van der Waals surface area (Å²) in [5, 5.41) is 5.46. The number of nitrogens with zero attached hydrogens (tertiary/aromatic N) is 2. The maximum Gasteiger partial charge on any atom is 0.272 e. The number of hydrogen-bond acceptors (Lipinski definition) is 4. The lowest BCUT2D eigenvalue weighted by Crippen LogP contribution is -2.52. The Morgan fingerprint density at radius 1 is 0.919 bits per heavy atom. The van der Waals surface area contributed by atoms with Crippen molar-refractivity contribution in [1.29, 1.82) is 0 Å². The molecule has 0 radical (unpaired) electrons. The molecular weight excluding hydrogens is 464 g/mol. The van der Waals surface area contributed by atoms with E-state index in [1.54, 1.807) is 14.0 Å². The minimum Gasteiger partial charge on any atom is -0.344 e. The Bertz CT molecular complexity index is 1320. The molecule has 0 bridgehead atoms. The number of fused-ring (bicyclic) bond motifs is 1. The van der Waals surface area contributed by atoms with E-state index in [0.717, 1.165) is 16.7 Å². The van der Waals surface area contributed by atoms with Gasteiger partial charge in [0.2, 0.25) is 18.0 Å². The number of carbonyl (C=O) groups excluding carboxylic acids is 3. The molecule has 190 valence electrons. The van der Waals surface area contributed by atoms with E-state index in [1.165, 1.54) is 10.5 Å². The zero-order chi connectivity index (χ0) is 26.5. The summed E-state index contributed by atoms with van der Waals surface area (Å²) in [5.74, 6) is -0.715. The summed E-state index contributed by atoms with van der Waals surface area (Å²) in [4.78, 5) is 45.1. The molecule has 0 saturated heterocycles. The van der Waals surface area contributed by atoms with Crippen LogP contribution in [0.1, 0.15) is 48.9 Å². The Kier molecular flexibility index (Phi) is 7.82. The topological polar surface area (TPSA) is 90.9 Å². The fraction of sp³-hybridized carbons (Fsp3) is 0.267. The molecule has 1 aliphatic rings. The third-order valence-electron chi connectivity index (χ3n) is 6.45. The van der Waals surface area contributed by atoms with Crippen LogP contribution in [0.4, 0.5) is 5.69 Å². The van der Waals surface area contributed by atoms with E-state index in [-0.39, 0.29) is 18.2 Å². The van der Waals surface area contributed by atoms with Crippen LogP contribution in [-0.2, 0) is 20.8 Å². The maximum absolute atomic E-state index is 13.3. The molecule has 7 nitrogen and oxygen atoms in total. The number of amides is 3. The average molecular weight is 497 g/mol. The van der Waals surface area contributed by atoms with Crippen molar-refractivity contribution in [3.63, 3.8) is 0 Å². The highest BCUT2D eigenvalue weighted by atomic mass is 16.2. The predicted molar refractivity (Wildman–Crippen MR) is 146 cm³/mol. The molecule has 7 heteroatoms. The van der Waals surface area contributed by atoms with Crippen molar-refractivity contribution < 1.29 is 14.4 Å². The van der Waals surface area contributed by atoms with Crippen LogP contribution in [0.15, 0.2) is 83.9 Å². The summed E-state index contributed by atoms with van der Waals surface area (Å²) in [6.45, 7) is 5.82. The lowest BCUT2D eigenvalue weighted by Gasteiger charge is -2.22. The van der Waals surface area contributed by atoms with Crippen molar-refractivity contribution >= 4 is 29.1 Å². The average Bonchev–Trinajstić information content (AvgIpc) is 3.00. The number of anilines is 1. The highest BCUT2D eigenvalue weighted by molar-refractivity contribution is 6.20. The van der Waals surface area contributed by atoms with Gasteiger partial charge in [-0.05, 0) is 30.0 Å². The Labute approximate surface area is 217 Å². The number of hydrogen-bond donors (Lipinski definition) is 2. The van der Waals surface area contributed by atoms with E-state index in [0.29, 0.717) is 17.3 Å². The molecular formula is C30H32N4O3. The summed E-state index contributed by atoms with van der Waals surface area (Å²) in [6, 6.07) is 24.1. The Morgan fingerprint density at radius 3 is 2.24 bits per heavy atom. The van der Waals surface area contributed by atoms with Crippen LogP contribution in [0.3, 0.4) is 0 Å². The van der Waals surface area contributed by atoms with Gasteiger partial charge in [-0.25, -0.2) is 4.99 Å². The van der Waals surface area contributed by atoms with Gasteiger partial charge in [0, 0.05) is 18.2 Å². The number of rotatable bonds is 7. The second kappa shape index (κ2) is 11.2. The van der Waals surface area contributed by atoms with Gasteiger partial charge in [0.25, 0.3) is 5.91 Å². The van der Waals surface area contributed by atoms with E-state index in [1.807, 2.05) is 78.9 Å². The number of carbonyl (C=O) groups is 3. The zero-order valence-corrected chi connectivity index (χ0v) is 21.6. The van der Waals surface area contributed by atoms with Gasteiger partial charge in [-0.2, -0.15) is 0 Å². The molecule has 4 rings (SSSR count). The molecule has 3 aromatic carbocycles. The van der Waals surface area contributed by atoms with E-state index < -0.39 is 18.1 Å². The largest absolute Gasteiger partial charge is 0.344 e. The molecule has 2 N–H and O–H groups in total. The molecule has 37 heavy (non-hydrogen) atoms. The fourth-order valence-corrected chi connectivity index (χ4v) is 4.27. The van der Waals surface area contributed by atoms with Crippen LogP contribution in [0.2, 0.25) is 0 Å². The first-order valence-electron chi connectivity index (χ1n) is 12.4. The molecule has 0 spiro atoms. The number of benzene rings is 3. The summed E-state index contributed by atoms with van der Waals surface area (Å²) in [6.07, 6.45) is -0.977. The SMILES string of the molecule is CC(C)c1ccc(CC(=O)N[C@@H](C)C(=O)N[C@H]2N=C(c3ccccc3)c3ccccc3N(C)C2=O)cc1. The summed E-state index contributed by atoms with van der Waals surface area (Å²) in [5.41, 5.74) is 5.02. The van der Waals surface area contributed by atoms with Crippen LogP contribution in [0.5, 0.6) is 0 Å². The highest BCUT2D eigenvalue weighted by Gasteiger charge is 2.32. The molecule has 0 saturated carbocycles. The molecule has 0 aromatic heterocycles. The van der Waals surface area contributed by atoms with Crippen molar-refractivity contribution in [1.82, 2.24) is 10.6 Å². The molecule has 1 aliphatic heterocycles. The maximum atomic E-state index is 13.3. The van der Waals surface area contributed by atoms with Crippen LogP contribution < -0.4 is 15.5 Å². The van der Waals surface area contributed by atoms with Gasteiger partial charge in [-0.1, -0.05) is 86.6 Å². The normalized spacial score (nSPS) is 15.9. The summed E-state index contributed by atoms with van der Waals surface area (Å²) >= 11 is 0. The van der Waals surface area contributed by atoms with Gasteiger partial charge >= 0.3 is 0 Å². The van der Waals surface area contributed by atoms with Crippen LogP contribution >= 0.6 is 0 Å². The van der Waals surface area contributed by atoms with E-state index >= 15 is 0 Å². The smallest absolute Gasteiger partial charge is 0.272 e. The van der Waals surface area contributed by atoms with Crippen molar-refractivity contribution in [3.8, 4) is 0 Å². The first kappa shape index (κ1) is 25.8. The Hall–Kier alpha value is -4.26. The van der Waals surface area contributed by atoms with Crippen LogP contribution in [0.25, 0.3) is 0 Å². The van der Waals surface area contributed by atoms with Crippen molar-refractivity contribution in [2.75, 3.05) is 11.9 Å². The fourth-order valence-electron chi connectivity index (χ4n) is 4.27. The highest BCUT2D eigenvalue weighted by Crippen LogP contribution is 2.27. The number of para-hydroxylation sites is 1. The lowest BCUT2D eigenvalue weighted by atomic mass is 10.0. The second-order valence-corrected chi connectivity index (χ2v) is 9.53. The standard InChI is InChI=1S/C30H32N4O3/c1-19(2)22-16-14-21(15-17-22)18-26(35)31-20(3)29(36)33-28-30(37)34(4)25-13-9-8-12-24(25)27(32-28)23-10-6-5-7-11-23/h5-17,19-20,28H,18H2,1-4H3,(H,31,35)(H,33,36)/t20-,28+/m0/s1. The molecule has 3 aromatic rings. The first-order valence-corrected chi connectivity index (χ1v) is 12.4. The number of aliphatic imine (C=N–C) groups is 1. The summed E-state index contributed by atoms with van der Waals surface area (Å²) < 4.78 is 0. The van der Waals surface area contributed by atoms with Crippen LogP contribution in [0, 0.1) is 0 Å². The van der Waals surface area contributed by atoms with Gasteiger partial charge in [0.05, 0.1) is 17.8 Å². The molecule has 0 fully saturated rings. The van der Waals surface area contributed by atoms with Gasteiger partial charge in [-0.15, -0.1) is 0 Å². The van der Waals surface area contributed by atoms with Gasteiger partial charge in [0.15, 0.2) is 0 Å². The lowest BCUT2D eigenvalue weighted by molar-refractivity contribution is -0.130.